The van der Waals surface area contributed by atoms with Crippen LogP contribution in [0.25, 0.3) is 0 Å². The molecule has 0 aromatic carbocycles. The van der Waals surface area contributed by atoms with E-state index < -0.39 is 5.97 Å². The van der Waals surface area contributed by atoms with Gasteiger partial charge in [-0.3, -0.25) is 4.79 Å². The first-order chi connectivity index (χ1) is 14.4. The summed E-state index contributed by atoms with van der Waals surface area (Å²) < 4.78 is 10.4. The number of rotatable bonds is 6. The number of H-pyrrole nitrogens is 1. The molecule has 162 valence electrons. The highest BCUT2D eigenvalue weighted by Gasteiger charge is 2.33. The van der Waals surface area contributed by atoms with Gasteiger partial charge in [-0.25, -0.2) is 19.7 Å². The Hall–Kier alpha value is -2.72. The summed E-state index contributed by atoms with van der Waals surface area (Å²) in [6.45, 7) is 4.74. The molecule has 10 nitrogen and oxygen atoms in total. The zero-order chi connectivity index (χ0) is 21.8. The Morgan fingerprint density at radius 2 is 2.10 bits per heavy atom. The third-order valence-corrected chi connectivity index (χ3v) is 5.31. The highest BCUT2D eigenvalue weighted by molar-refractivity contribution is 6.30. The summed E-state index contributed by atoms with van der Waals surface area (Å²) in [5.74, 6) is -0.251. The molecule has 1 aliphatic rings. The van der Waals surface area contributed by atoms with Gasteiger partial charge >= 0.3 is 5.97 Å². The van der Waals surface area contributed by atoms with Crippen LogP contribution in [0.4, 0.5) is 5.95 Å². The van der Waals surface area contributed by atoms with E-state index in [1.165, 1.54) is 7.11 Å². The van der Waals surface area contributed by atoms with Gasteiger partial charge in [0.1, 0.15) is 0 Å². The second-order valence-electron chi connectivity index (χ2n) is 6.98. The number of piperidine rings is 1. The Labute approximate surface area is 179 Å². The number of methoxy groups -OCH3 is 2. The van der Waals surface area contributed by atoms with Gasteiger partial charge in [-0.15, -0.1) is 0 Å². The van der Waals surface area contributed by atoms with Gasteiger partial charge in [0, 0.05) is 25.9 Å². The Morgan fingerprint density at radius 1 is 1.33 bits per heavy atom. The van der Waals surface area contributed by atoms with Crippen LogP contribution in [0.1, 0.15) is 45.8 Å². The van der Waals surface area contributed by atoms with Gasteiger partial charge in [0.05, 0.1) is 24.9 Å². The topological polar surface area (TPSA) is 122 Å². The first kappa shape index (κ1) is 22.0. The number of carbonyl (C=O) groups is 2. The van der Waals surface area contributed by atoms with Crippen molar-refractivity contribution in [1.82, 2.24) is 25.3 Å². The maximum atomic E-state index is 12.6. The van der Waals surface area contributed by atoms with E-state index >= 15 is 0 Å². The van der Waals surface area contributed by atoms with E-state index in [-0.39, 0.29) is 29.6 Å². The lowest BCUT2D eigenvalue weighted by atomic mass is 10.0. The van der Waals surface area contributed by atoms with E-state index in [0.29, 0.717) is 42.7 Å². The zero-order valence-electron chi connectivity index (χ0n) is 17.4. The molecule has 0 unspecified atom stereocenters. The Kier molecular flexibility index (Phi) is 6.88. The molecule has 3 rings (SSSR count). The van der Waals surface area contributed by atoms with Crippen molar-refractivity contribution in [2.75, 3.05) is 32.2 Å². The van der Waals surface area contributed by atoms with Crippen LogP contribution in [-0.2, 0) is 15.9 Å². The normalized spacial score (nSPS) is 18.9. The van der Waals surface area contributed by atoms with Crippen LogP contribution in [0, 0.1) is 6.92 Å². The van der Waals surface area contributed by atoms with Gasteiger partial charge in [-0.05, 0) is 25.8 Å². The fourth-order valence-corrected chi connectivity index (χ4v) is 3.64. The third-order valence-electron chi connectivity index (χ3n) is 5.00. The fourth-order valence-electron chi connectivity index (χ4n) is 3.37. The van der Waals surface area contributed by atoms with Crippen molar-refractivity contribution in [1.29, 1.82) is 0 Å². The molecule has 0 aliphatic carbocycles. The van der Waals surface area contributed by atoms with Crippen LogP contribution in [0.3, 0.4) is 0 Å². The maximum absolute atomic E-state index is 12.6. The lowest BCUT2D eigenvalue weighted by molar-refractivity contribution is 0.0533. The molecule has 1 aliphatic heterocycles. The molecule has 2 aromatic rings. The monoisotopic (exact) mass is 436 g/mol. The quantitative estimate of drug-likeness (QED) is 0.653. The summed E-state index contributed by atoms with van der Waals surface area (Å²) in [6, 6.07) is 1.35. The molecular weight excluding hydrogens is 412 g/mol. The number of imidazole rings is 1. The van der Waals surface area contributed by atoms with Crippen molar-refractivity contribution in [3.63, 3.8) is 0 Å². The predicted octanol–water partition coefficient (Wildman–Crippen LogP) is 1.53. The van der Waals surface area contributed by atoms with Gasteiger partial charge in [0.2, 0.25) is 5.95 Å². The van der Waals surface area contributed by atoms with Gasteiger partial charge < -0.3 is 24.7 Å². The molecule has 0 radical (unpaired) electrons. The minimum atomic E-state index is -0.518. The maximum Gasteiger partial charge on any atom is 0.356 e. The molecule has 1 amide bonds. The summed E-state index contributed by atoms with van der Waals surface area (Å²) in [5.41, 5.74) is 1.58. The Bertz CT molecular complexity index is 934. The molecule has 0 saturated carbocycles. The molecule has 2 N–H and O–H groups in total. The number of ether oxygens (including phenoxy) is 2. The number of halogens is 1. The molecule has 1 fully saturated rings. The lowest BCUT2D eigenvalue weighted by Gasteiger charge is -2.38. The summed E-state index contributed by atoms with van der Waals surface area (Å²) >= 11 is 6.03. The number of aryl methyl sites for hydroxylation is 2. The van der Waals surface area contributed by atoms with Gasteiger partial charge in [0.25, 0.3) is 5.91 Å². The smallest absolute Gasteiger partial charge is 0.356 e. The predicted molar refractivity (Wildman–Crippen MR) is 110 cm³/mol. The second kappa shape index (κ2) is 9.40. The highest BCUT2D eigenvalue weighted by atomic mass is 35.5. The number of nitrogens with zero attached hydrogens (tertiary/aromatic N) is 4. The number of aromatic nitrogens is 4. The van der Waals surface area contributed by atoms with Crippen LogP contribution in [0.2, 0.25) is 5.15 Å². The van der Waals surface area contributed by atoms with Crippen LogP contribution < -0.4 is 10.2 Å². The highest BCUT2D eigenvalue weighted by Crippen LogP contribution is 2.20. The van der Waals surface area contributed by atoms with E-state index in [4.69, 9.17) is 21.1 Å². The van der Waals surface area contributed by atoms with Crippen molar-refractivity contribution in [2.45, 2.75) is 38.8 Å². The second-order valence-corrected chi connectivity index (χ2v) is 7.34. The zero-order valence-corrected chi connectivity index (χ0v) is 18.1. The molecule has 1 saturated heterocycles. The minimum absolute atomic E-state index is 0.180. The van der Waals surface area contributed by atoms with E-state index in [1.54, 1.807) is 20.1 Å². The summed E-state index contributed by atoms with van der Waals surface area (Å²) in [4.78, 5) is 42.2. The third kappa shape index (κ3) is 4.71. The van der Waals surface area contributed by atoms with Gasteiger partial charge in [-0.2, -0.15) is 0 Å². The SMILES string of the molecule is CCc1[nH]c(C(=O)N[C@H]2CCN(c3nc(C)cc(C(=O)OC)n3)C[C@H]2OC)nc1Cl. The largest absolute Gasteiger partial charge is 0.464 e. The van der Waals surface area contributed by atoms with E-state index in [2.05, 4.69) is 25.3 Å². The molecule has 2 atom stereocenters. The number of hydrogen-bond donors (Lipinski definition) is 2. The summed E-state index contributed by atoms with van der Waals surface area (Å²) in [7, 11) is 2.90. The number of esters is 1. The van der Waals surface area contributed by atoms with Crippen molar-refractivity contribution in [3.8, 4) is 0 Å². The Balaban J connectivity index is 1.71. The number of aromatic amines is 1. The number of nitrogens with one attached hydrogen (secondary N) is 2. The van der Waals surface area contributed by atoms with Crippen LogP contribution >= 0.6 is 11.6 Å². The number of carbonyl (C=O) groups excluding carboxylic acids is 2. The lowest BCUT2D eigenvalue weighted by Crippen LogP contribution is -2.55. The van der Waals surface area contributed by atoms with Crippen LogP contribution in [0.15, 0.2) is 6.07 Å². The molecule has 30 heavy (non-hydrogen) atoms. The van der Waals surface area contributed by atoms with E-state index in [1.807, 2.05) is 11.8 Å². The number of anilines is 1. The molecular formula is C19H25ClN6O4. The van der Waals surface area contributed by atoms with Gasteiger partial charge in [-0.1, -0.05) is 18.5 Å². The molecule has 0 spiro atoms. The van der Waals surface area contributed by atoms with Gasteiger partial charge in [0.15, 0.2) is 16.7 Å². The average Bonchev–Trinajstić information content (AvgIpc) is 3.13. The first-order valence-corrected chi connectivity index (χ1v) is 10.0. The van der Waals surface area contributed by atoms with Crippen molar-refractivity contribution >= 4 is 29.4 Å². The first-order valence-electron chi connectivity index (χ1n) is 9.63. The van der Waals surface area contributed by atoms with Crippen molar-refractivity contribution in [3.05, 3.63) is 34.1 Å². The fraction of sp³-hybridized carbons (Fsp3) is 0.526. The van der Waals surface area contributed by atoms with E-state index in [0.717, 1.165) is 5.69 Å². The van der Waals surface area contributed by atoms with Crippen LogP contribution in [0.5, 0.6) is 0 Å². The van der Waals surface area contributed by atoms with Crippen molar-refractivity contribution in [2.24, 2.45) is 0 Å². The number of hydrogen-bond acceptors (Lipinski definition) is 8. The standard InChI is InChI=1S/C19H25ClN6O4/c1-5-11-15(20)25-16(22-11)17(27)23-12-6-7-26(9-14(12)29-3)19-21-10(2)8-13(24-19)18(28)30-4/h8,12,14H,5-7,9H2,1-4H3,(H,22,25)(H,23,27)/t12-,14+/m0/s1. The summed E-state index contributed by atoms with van der Waals surface area (Å²) in [5, 5.41) is 3.27. The van der Waals surface area contributed by atoms with Crippen molar-refractivity contribution < 1.29 is 19.1 Å². The Morgan fingerprint density at radius 3 is 2.73 bits per heavy atom. The molecule has 0 bridgehead atoms. The summed E-state index contributed by atoms with van der Waals surface area (Å²) in [6.07, 6.45) is 0.955. The molecule has 3 heterocycles. The average molecular weight is 437 g/mol. The minimum Gasteiger partial charge on any atom is -0.464 e. The molecule has 11 heteroatoms. The van der Waals surface area contributed by atoms with E-state index in [9.17, 15) is 9.59 Å². The number of amides is 1. The van der Waals surface area contributed by atoms with Crippen LogP contribution in [-0.4, -0.2) is 71.3 Å². The molecule has 2 aromatic heterocycles.